The van der Waals surface area contributed by atoms with Crippen molar-refractivity contribution in [3.05, 3.63) is 57.5 Å². The number of hydrogen-bond donors (Lipinski definition) is 3. The summed E-state index contributed by atoms with van der Waals surface area (Å²) in [5, 5.41) is 5.63. The van der Waals surface area contributed by atoms with E-state index in [0.29, 0.717) is 46.8 Å². The van der Waals surface area contributed by atoms with Crippen molar-refractivity contribution >= 4 is 36.0 Å². The number of alkyl halides is 3. The van der Waals surface area contributed by atoms with Crippen molar-refractivity contribution in [2.45, 2.75) is 51.0 Å². The summed E-state index contributed by atoms with van der Waals surface area (Å²) in [7, 11) is 0. The van der Waals surface area contributed by atoms with Crippen LogP contribution in [0.15, 0.2) is 40.2 Å². The van der Waals surface area contributed by atoms with E-state index < -0.39 is 17.8 Å². The monoisotopic (exact) mass is 562 g/mol. The molecule has 1 aromatic heterocycles. The summed E-state index contributed by atoms with van der Waals surface area (Å²) in [4.78, 5) is 38.5. The van der Waals surface area contributed by atoms with Crippen molar-refractivity contribution in [3.63, 3.8) is 0 Å². The lowest BCUT2D eigenvalue weighted by atomic mass is 9.96. The number of benzene rings is 1. The van der Waals surface area contributed by atoms with Gasteiger partial charge in [0.15, 0.2) is 0 Å². The number of rotatable bonds is 8. The van der Waals surface area contributed by atoms with Crippen LogP contribution >= 0.6 is 24.2 Å². The molecule has 37 heavy (non-hydrogen) atoms. The van der Waals surface area contributed by atoms with E-state index in [4.69, 9.17) is 5.73 Å². The van der Waals surface area contributed by atoms with E-state index in [0.717, 1.165) is 12.1 Å². The Morgan fingerprint density at radius 1 is 1.14 bits per heavy atom. The van der Waals surface area contributed by atoms with Gasteiger partial charge in [-0.15, -0.1) is 37.3 Å². The molecular weight excluding hydrogens is 533 g/mol. The summed E-state index contributed by atoms with van der Waals surface area (Å²) in [6.45, 7) is 6.19. The molecule has 2 heterocycles. The molecule has 8 nitrogen and oxygen atoms in total. The zero-order valence-electron chi connectivity index (χ0n) is 20.6. The number of pyridine rings is 1. The maximum Gasteiger partial charge on any atom is 0.573 e. The summed E-state index contributed by atoms with van der Waals surface area (Å²) in [5.41, 5.74) is 6.48. The molecule has 0 fully saturated rings. The Bertz CT molecular complexity index is 1180. The van der Waals surface area contributed by atoms with Gasteiger partial charge >= 0.3 is 6.36 Å². The predicted octanol–water partition coefficient (Wildman–Crippen LogP) is 3.60. The van der Waals surface area contributed by atoms with Gasteiger partial charge in [0.2, 0.25) is 5.91 Å². The summed E-state index contributed by atoms with van der Waals surface area (Å²) in [5.74, 6) is -0.374. The van der Waals surface area contributed by atoms with E-state index in [1.165, 1.54) is 34.7 Å². The number of nitrogens with zero attached hydrogens (tertiary/aromatic N) is 1. The molecular formula is C24H30ClF3N4O4S. The van der Waals surface area contributed by atoms with E-state index in [1.54, 1.807) is 0 Å². The first-order chi connectivity index (χ1) is 16.8. The van der Waals surface area contributed by atoms with Crippen LogP contribution in [0.5, 0.6) is 5.75 Å². The Kier molecular flexibility index (Phi) is 10.1. The number of nitrogens with two attached hydrogens (primary N) is 1. The van der Waals surface area contributed by atoms with Crippen LogP contribution in [0, 0.1) is 5.41 Å². The number of hydrogen-bond acceptors (Lipinski definition) is 6. The van der Waals surface area contributed by atoms with Crippen LogP contribution in [-0.4, -0.2) is 41.6 Å². The zero-order chi connectivity index (χ0) is 26.7. The molecule has 0 saturated heterocycles. The number of halogens is 4. The number of thioether (sulfide) groups is 1. The Balaban J connectivity index is 0.00000481. The Labute approximate surface area is 222 Å². The summed E-state index contributed by atoms with van der Waals surface area (Å²) < 4.78 is 42.4. The number of nitrogens with one attached hydrogen (secondary N) is 2. The van der Waals surface area contributed by atoms with Crippen molar-refractivity contribution < 1.29 is 27.5 Å². The number of amides is 2. The largest absolute Gasteiger partial charge is 0.573 e. The van der Waals surface area contributed by atoms with Crippen molar-refractivity contribution in [3.8, 4) is 5.75 Å². The molecule has 1 aromatic carbocycles. The Morgan fingerprint density at radius 3 is 2.35 bits per heavy atom. The third-order valence-electron chi connectivity index (χ3n) is 5.40. The molecule has 1 atom stereocenters. The third kappa shape index (κ3) is 8.14. The molecule has 0 radical (unpaired) electrons. The highest BCUT2D eigenvalue weighted by Gasteiger charge is 2.31. The minimum atomic E-state index is -4.80. The zero-order valence-corrected chi connectivity index (χ0v) is 22.2. The van der Waals surface area contributed by atoms with Crippen molar-refractivity contribution in [2.75, 3.05) is 18.8 Å². The molecule has 1 aliphatic rings. The lowest BCUT2D eigenvalue weighted by Gasteiger charge is -2.17. The van der Waals surface area contributed by atoms with Gasteiger partial charge in [0.1, 0.15) is 5.75 Å². The van der Waals surface area contributed by atoms with Crippen LogP contribution in [0.4, 0.5) is 13.2 Å². The number of ether oxygens (including phenoxy) is 1. The quantitative estimate of drug-likeness (QED) is 0.423. The molecule has 1 aliphatic heterocycles. The van der Waals surface area contributed by atoms with Gasteiger partial charge in [-0.2, -0.15) is 0 Å². The summed E-state index contributed by atoms with van der Waals surface area (Å²) in [6.07, 6.45) is -2.83. The lowest BCUT2D eigenvalue weighted by Crippen LogP contribution is -2.37. The van der Waals surface area contributed by atoms with Gasteiger partial charge in [-0.3, -0.25) is 14.4 Å². The summed E-state index contributed by atoms with van der Waals surface area (Å²) in [6, 6.07) is 4.62. The maximum atomic E-state index is 13.1. The first-order valence-electron chi connectivity index (χ1n) is 11.3. The van der Waals surface area contributed by atoms with Gasteiger partial charge < -0.3 is 25.7 Å². The van der Waals surface area contributed by atoms with Crippen molar-refractivity contribution in [1.29, 1.82) is 0 Å². The molecule has 0 bridgehead atoms. The fraction of sp³-hybridized carbons (Fsp3) is 0.458. The molecule has 3 rings (SSSR count). The second-order valence-corrected chi connectivity index (χ2v) is 10.5. The van der Waals surface area contributed by atoms with Gasteiger partial charge in [-0.25, -0.2) is 0 Å². The number of fused-ring (bicyclic) bond motifs is 1. The van der Waals surface area contributed by atoms with Gasteiger partial charge in [-0.1, -0.05) is 32.9 Å². The average Bonchev–Trinajstić information content (AvgIpc) is 3.16. The maximum absolute atomic E-state index is 13.1. The van der Waals surface area contributed by atoms with E-state index >= 15 is 0 Å². The van der Waals surface area contributed by atoms with Gasteiger partial charge in [0, 0.05) is 47.0 Å². The molecule has 13 heteroatoms. The number of carbonyl (C=O) groups excluding carboxylic acids is 2. The third-order valence-corrected chi connectivity index (χ3v) is 6.66. The Hall–Kier alpha value is -2.70. The molecule has 0 spiro atoms. The molecule has 4 N–H and O–H groups in total. The van der Waals surface area contributed by atoms with Gasteiger partial charge in [0.05, 0.1) is 12.1 Å². The predicted molar refractivity (Wildman–Crippen MR) is 137 cm³/mol. The normalized spacial score (nSPS) is 14.9. The van der Waals surface area contributed by atoms with Crippen LogP contribution in [0.1, 0.15) is 54.7 Å². The molecule has 0 unspecified atom stereocenters. The van der Waals surface area contributed by atoms with Crippen LogP contribution in [0.3, 0.4) is 0 Å². The second kappa shape index (κ2) is 12.2. The lowest BCUT2D eigenvalue weighted by molar-refractivity contribution is -0.274. The highest BCUT2D eigenvalue weighted by Crippen LogP contribution is 2.37. The number of aromatic nitrogens is 1. The van der Waals surface area contributed by atoms with E-state index in [2.05, 4.69) is 15.4 Å². The highest BCUT2D eigenvalue weighted by atomic mass is 35.5. The first kappa shape index (κ1) is 30.5. The van der Waals surface area contributed by atoms with E-state index in [1.807, 2.05) is 20.8 Å². The fourth-order valence-corrected chi connectivity index (χ4v) is 4.74. The molecule has 0 saturated carbocycles. The average molecular weight is 563 g/mol. The van der Waals surface area contributed by atoms with Crippen molar-refractivity contribution in [1.82, 2.24) is 15.2 Å². The van der Waals surface area contributed by atoms with Gasteiger partial charge in [-0.05, 0) is 24.1 Å². The molecule has 2 amide bonds. The fourth-order valence-electron chi connectivity index (χ4n) is 3.53. The number of carbonyl (C=O) groups is 2. The molecule has 2 aromatic rings. The van der Waals surface area contributed by atoms with Crippen LogP contribution in [0.25, 0.3) is 0 Å². The van der Waals surface area contributed by atoms with E-state index in [9.17, 15) is 27.6 Å². The SMILES string of the molecule is CC(C)(C)C(=O)NCCCNC(=O)c1cn(Cc2ccc(OC(F)(F)F)cc2)c(=O)c2c1SC[C@@H]2N.Cl. The summed E-state index contributed by atoms with van der Waals surface area (Å²) >= 11 is 1.34. The van der Waals surface area contributed by atoms with Crippen LogP contribution in [0.2, 0.25) is 0 Å². The van der Waals surface area contributed by atoms with Gasteiger partial charge in [0.25, 0.3) is 11.5 Å². The minimum absolute atomic E-state index is 0. The smallest absolute Gasteiger partial charge is 0.406 e. The second-order valence-electron chi connectivity index (χ2n) is 9.44. The Morgan fingerprint density at radius 2 is 1.76 bits per heavy atom. The standard InChI is InChI=1S/C24H29F3N4O4S.ClH/c1-23(2,3)22(34)30-10-4-9-29-20(32)16-12-31(21(33)18-17(28)13-36-19(16)18)11-14-5-7-15(8-6-14)35-24(25,26)27;/h5-8,12,17H,4,9-11,13,28H2,1-3H3,(H,29,32)(H,30,34);1H/t17-;/m0./s1. The van der Waals surface area contributed by atoms with E-state index in [-0.39, 0.29) is 42.1 Å². The first-order valence-corrected chi connectivity index (χ1v) is 12.3. The molecule has 204 valence electrons. The van der Waals surface area contributed by atoms with Crippen molar-refractivity contribution in [2.24, 2.45) is 11.1 Å². The van der Waals surface area contributed by atoms with Crippen LogP contribution < -0.4 is 26.7 Å². The minimum Gasteiger partial charge on any atom is -0.406 e. The highest BCUT2D eigenvalue weighted by molar-refractivity contribution is 7.99. The molecule has 0 aliphatic carbocycles. The topological polar surface area (TPSA) is 115 Å². The van der Waals surface area contributed by atoms with Crippen LogP contribution in [-0.2, 0) is 11.3 Å².